The first-order valence-corrected chi connectivity index (χ1v) is 8.16. The van der Waals surface area contributed by atoms with Crippen LogP contribution in [0.15, 0.2) is 24.3 Å². The molecule has 0 spiro atoms. The van der Waals surface area contributed by atoms with E-state index in [0.29, 0.717) is 17.1 Å². The molecule has 114 valence electrons. The highest BCUT2D eigenvalue weighted by Gasteiger charge is 2.37. The van der Waals surface area contributed by atoms with Crippen LogP contribution in [0.4, 0.5) is 0 Å². The van der Waals surface area contributed by atoms with Crippen molar-refractivity contribution in [3.63, 3.8) is 0 Å². The number of halogens is 1. The molecular formula is C17H23ClN2O. The average Bonchev–Trinajstić information content (AvgIpc) is 2.78. The molecule has 1 N–H and O–H groups in total. The summed E-state index contributed by atoms with van der Waals surface area (Å²) in [7, 11) is 0. The van der Waals surface area contributed by atoms with E-state index in [4.69, 9.17) is 11.6 Å². The van der Waals surface area contributed by atoms with Crippen molar-refractivity contribution in [1.82, 2.24) is 10.2 Å². The highest BCUT2D eigenvalue weighted by atomic mass is 35.5. The fourth-order valence-corrected chi connectivity index (χ4v) is 3.64. The van der Waals surface area contributed by atoms with Gasteiger partial charge in [-0.15, -0.1) is 0 Å². The zero-order valence-corrected chi connectivity index (χ0v) is 13.5. The maximum atomic E-state index is 13.0. The van der Waals surface area contributed by atoms with Gasteiger partial charge in [0.1, 0.15) is 0 Å². The van der Waals surface area contributed by atoms with Gasteiger partial charge in [-0.2, -0.15) is 0 Å². The Morgan fingerprint density at radius 3 is 2.57 bits per heavy atom. The summed E-state index contributed by atoms with van der Waals surface area (Å²) in [5.41, 5.74) is 0.521. The van der Waals surface area contributed by atoms with Crippen LogP contribution in [-0.2, 0) is 10.2 Å². The summed E-state index contributed by atoms with van der Waals surface area (Å²) < 4.78 is 0. The Hall–Kier alpha value is -1.06. The van der Waals surface area contributed by atoms with E-state index in [1.54, 1.807) is 0 Å². The second-order valence-corrected chi connectivity index (χ2v) is 7.25. The molecular weight excluding hydrogens is 284 g/mol. The second-order valence-electron chi connectivity index (χ2n) is 6.81. The van der Waals surface area contributed by atoms with Gasteiger partial charge in [-0.1, -0.05) is 23.7 Å². The average molecular weight is 307 g/mol. The van der Waals surface area contributed by atoms with Crippen LogP contribution in [0.25, 0.3) is 0 Å². The van der Waals surface area contributed by atoms with E-state index in [-0.39, 0.29) is 5.91 Å². The van der Waals surface area contributed by atoms with Gasteiger partial charge in [0.2, 0.25) is 5.91 Å². The Bertz CT molecular complexity index is 526. The SMILES string of the molecule is CC(C)(C(=O)N1CCC2CCC(C1)N2)c1ccc(Cl)cc1. The van der Waals surface area contributed by atoms with Crippen molar-refractivity contribution in [3.8, 4) is 0 Å². The van der Waals surface area contributed by atoms with Crippen molar-refractivity contribution in [1.29, 1.82) is 0 Å². The molecule has 3 nitrogen and oxygen atoms in total. The minimum atomic E-state index is -0.506. The molecule has 2 aliphatic heterocycles. The normalized spacial score (nSPS) is 25.8. The van der Waals surface area contributed by atoms with Gasteiger partial charge < -0.3 is 10.2 Å². The van der Waals surface area contributed by atoms with Crippen LogP contribution in [0.3, 0.4) is 0 Å². The van der Waals surface area contributed by atoms with E-state index in [1.807, 2.05) is 43.0 Å². The van der Waals surface area contributed by atoms with Gasteiger partial charge in [0.25, 0.3) is 0 Å². The summed E-state index contributed by atoms with van der Waals surface area (Å²) in [4.78, 5) is 15.0. The molecule has 4 heteroatoms. The predicted octanol–water partition coefficient (Wildman–Crippen LogP) is 2.97. The first kappa shape index (κ1) is 14.9. The van der Waals surface area contributed by atoms with E-state index in [0.717, 1.165) is 25.1 Å². The maximum Gasteiger partial charge on any atom is 0.232 e. The lowest BCUT2D eigenvalue weighted by atomic mass is 9.83. The molecule has 3 rings (SSSR count). The number of hydrogen-bond acceptors (Lipinski definition) is 2. The quantitative estimate of drug-likeness (QED) is 0.911. The van der Waals surface area contributed by atoms with Crippen molar-refractivity contribution in [2.45, 2.75) is 50.6 Å². The Morgan fingerprint density at radius 2 is 1.86 bits per heavy atom. The molecule has 2 unspecified atom stereocenters. The molecule has 0 aliphatic carbocycles. The van der Waals surface area contributed by atoms with Gasteiger partial charge in [-0.05, 0) is 50.8 Å². The minimum Gasteiger partial charge on any atom is -0.340 e. The standard InChI is InChI=1S/C17H23ClN2O/c1-17(2,12-3-5-13(18)6-4-12)16(21)20-10-9-14-7-8-15(11-20)19-14/h3-6,14-15,19H,7-11H2,1-2H3. The van der Waals surface area contributed by atoms with Crippen LogP contribution < -0.4 is 5.32 Å². The predicted molar refractivity (Wildman–Crippen MR) is 85.6 cm³/mol. The molecule has 2 aliphatic rings. The molecule has 2 bridgehead atoms. The molecule has 1 amide bonds. The Balaban J connectivity index is 1.78. The third-order valence-corrected chi connectivity index (χ3v) is 5.16. The van der Waals surface area contributed by atoms with E-state index in [1.165, 1.54) is 12.8 Å². The van der Waals surface area contributed by atoms with Crippen molar-refractivity contribution < 1.29 is 4.79 Å². The Labute approximate surface area is 131 Å². The van der Waals surface area contributed by atoms with E-state index in [9.17, 15) is 4.79 Å². The highest BCUT2D eigenvalue weighted by molar-refractivity contribution is 6.30. The third-order valence-electron chi connectivity index (χ3n) is 4.91. The maximum absolute atomic E-state index is 13.0. The summed E-state index contributed by atoms with van der Waals surface area (Å²) in [6.07, 6.45) is 3.52. The van der Waals surface area contributed by atoms with Gasteiger partial charge in [0.15, 0.2) is 0 Å². The van der Waals surface area contributed by atoms with Crippen LogP contribution >= 0.6 is 11.6 Å². The number of carbonyl (C=O) groups is 1. The van der Waals surface area contributed by atoms with Crippen LogP contribution in [0.5, 0.6) is 0 Å². The number of fused-ring (bicyclic) bond motifs is 2. The van der Waals surface area contributed by atoms with Crippen molar-refractivity contribution >= 4 is 17.5 Å². The number of hydrogen-bond donors (Lipinski definition) is 1. The molecule has 2 heterocycles. The smallest absolute Gasteiger partial charge is 0.232 e. The zero-order valence-electron chi connectivity index (χ0n) is 12.7. The lowest BCUT2D eigenvalue weighted by molar-refractivity contribution is -0.136. The summed E-state index contributed by atoms with van der Waals surface area (Å²) in [6, 6.07) is 8.72. The number of likely N-dealkylation sites (tertiary alicyclic amines) is 1. The molecule has 2 atom stereocenters. The number of rotatable bonds is 2. The first-order chi connectivity index (χ1) is 9.96. The molecule has 2 fully saturated rings. The fraction of sp³-hybridized carbons (Fsp3) is 0.588. The number of carbonyl (C=O) groups excluding carboxylic acids is 1. The van der Waals surface area contributed by atoms with Crippen molar-refractivity contribution in [2.75, 3.05) is 13.1 Å². The topological polar surface area (TPSA) is 32.3 Å². The third kappa shape index (κ3) is 2.95. The first-order valence-electron chi connectivity index (χ1n) is 7.78. The summed E-state index contributed by atoms with van der Waals surface area (Å²) in [6.45, 7) is 5.72. The number of nitrogens with zero attached hydrogens (tertiary/aromatic N) is 1. The molecule has 0 radical (unpaired) electrons. The molecule has 0 saturated carbocycles. The highest BCUT2D eigenvalue weighted by Crippen LogP contribution is 2.29. The second kappa shape index (κ2) is 5.62. The minimum absolute atomic E-state index is 0.221. The number of benzene rings is 1. The molecule has 1 aromatic rings. The largest absolute Gasteiger partial charge is 0.340 e. The monoisotopic (exact) mass is 306 g/mol. The number of nitrogens with one attached hydrogen (secondary N) is 1. The number of amides is 1. The van der Waals surface area contributed by atoms with Crippen LogP contribution in [0, 0.1) is 0 Å². The molecule has 1 aromatic carbocycles. The lowest BCUT2D eigenvalue weighted by Gasteiger charge is -2.33. The molecule has 0 aromatic heterocycles. The van der Waals surface area contributed by atoms with Gasteiger partial charge in [-0.25, -0.2) is 0 Å². The van der Waals surface area contributed by atoms with Gasteiger partial charge in [0.05, 0.1) is 5.41 Å². The van der Waals surface area contributed by atoms with E-state index < -0.39 is 5.41 Å². The summed E-state index contributed by atoms with van der Waals surface area (Å²) in [5.74, 6) is 0.221. The van der Waals surface area contributed by atoms with Gasteiger partial charge in [0, 0.05) is 30.2 Å². The van der Waals surface area contributed by atoms with Crippen molar-refractivity contribution in [2.24, 2.45) is 0 Å². The Kier molecular flexibility index (Phi) is 3.98. The fourth-order valence-electron chi connectivity index (χ4n) is 3.51. The molecule has 2 saturated heterocycles. The molecule has 21 heavy (non-hydrogen) atoms. The van der Waals surface area contributed by atoms with Crippen LogP contribution in [0.2, 0.25) is 5.02 Å². The van der Waals surface area contributed by atoms with Crippen molar-refractivity contribution in [3.05, 3.63) is 34.9 Å². The lowest BCUT2D eigenvalue weighted by Crippen LogP contribution is -2.47. The van der Waals surface area contributed by atoms with Gasteiger partial charge in [-0.3, -0.25) is 4.79 Å². The van der Waals surface area contributed by atoms with Crippen LogP contribution in [0.1, 0.15) is 38.7 Å². The summed E-state index contributed by atoms with van der Waals surface area (Å²) >= 11 is 5.95. The van der Waals surface area contributed by atoms with E-state index >= 15 is 0 Å². The summed E-state index contributed by atoms with van der Waals surface area (Å²) in [5, 5.41) is 4.33. The van der Waals surface area contributed by atoms with E-state index in [2.05, 4.69) is 5.32 Å². The Morgan fingerprint density at radius 1 is 1.19 bits per heavy atom. The van der Waals surface area contributed by atoms with Gasteiger partial charge >= 0.3 is 0 Å². The van der Waals surface area contributed by atoms with Crippen LogP contribution in [-0.4, -0.2) is 36.0 Å². The zero-order chi connectivity index (χ0) is 15.0.